The number of aromatic nitrogens is 2. The molecule has 2 aromatic rings. The lowest BCUT2D eigenvalue weighted by molar-refractivity contribution is 0.655. The normalized spacial score (nSPS) is 10.4. The second-order valence-electron chi connectivity index (χ2n) is 4.02. The zero-order valence-electron chi connectivity index (χ0n) is 9.94. The van der Waals surface area contributed by atoms with Gasteiger partial charge in [0.15, 0.2) is 0 Å². The van der Waals surface area contributed by atoms with Crippen molar-refractivity contribution in [1.82, 2.24) is 9.55 Å². The minimum atomic E-state index is 0.0547. The monoisotopic (exact) mass is 231 g/mol. The summed E-state index contributed by atoms with van der Waals surface area (Å²) >= 11 is 0. The van der Waals surface area contributed by atoms with Gasteiger partial charge in [-0.15, -0.1) is 0 Å². The smallest absolute Gasteiger partial charge is 0.250 e. The first kappa shape index (κ1) is 11.5. The van der Waals surface area contributed by atoms with Crippen LogP contribution in [0.5, 0.6) is 0 Å². The largest absolute Gasteiger partial charge is 0.380 e. The van der Waals surface area contributed by atoms with Gasteiger partial charge in [-0.2, -0.15) is 0 Å². The Morgan fingerprint density at radius 2 is 2.24 bits per heavy atom. The first-order valence-electron chi connectivity index (χ1n) is 5.85. The molecular formula is C13H17N3O. The lowest BCUT2D eigenvalue weighted by Crippen LogP contribution is -2.18. The molecule has 0 radical (unpaired) electrons. The molecule has 0 aliphatic carbocycles. The van der Waals surface area contributed by atoms with Gasteiger partial charge in [-0.05, 0) is 24.1 Å². The molecule has 2 heterocycles. The van der Waals surface area contributed by atoms with Gasteiger partial charge in [0.05, 0.1) is 5.69 Å². The maximum Gasteiger partial charge on any atom is 0.250 e. The lowest BCUT2D eigenvalue weighted by atomic mass is 10.3. The number of pyridine rings is 1. The van der Waals surface area contributed by atoms with E-state index in [4.69, 9.17) is 0 Å². The summed E-state index contributed by atoms with van der Waals surface area (Å²) < 4.78 is 1.74. The van der Waals surface area contributed by atoms with E-state index >= 15 is 0 Å². The van der Waals surface area contributed by atoms with Gasteiger partial charge in [0.2, 0.25) is 0 Å². The number of aryl methyl sites for hydroxylation is 1. The second-order valence-corrected chi connectivity index (χ2v) is 4.02. The van der Waals surface area contributed by atoms with E-state index in [9.17, 15) is 4.79 Å². The topological polar surface area (TPSA) is 49.8 Å². The Morgan fingerprint density at radius 1 is 1.35 bits per heavy atom. The van der Waals surface area contributed by atoms with Gasteiger partial charge in [0.25, 0.3) is 5.56 Å². The number of nitrogens with zero attached hydrogens (tertiary/aromatic N) is 1. The summed E-state index contributed by atoms with van der Waals surface area (Å²) in [6.45, 7) is 3.58. The highest BCUT2D eigenvalue weighted by Gasteiger charge is 1.98. The van der Waals surface area contributed by atoms with Crippen molar-refractivity contribution in [3.63, 3.8) is 0 Å². The van der Waals surface area contributed by atoms with E-state index in [2.05, 4.69) is 17.2 Å². The Kier molecular flexibility index (Phi) is 3.65. The highest BCUT2D eigenvalue weighted by atomic mass is 16.1. The Labute approximate surface area is 100 Å². The molecule has 0 saturated heterocycles. The first-order valence-corrected chi connectivity index (χ1v) is 5.85. The molecule has 17 heavy (non-hydrogen) atoms. The van der Waals surface area contributed by atoms with Crippen molar-refractivity contribution in [3.05, 3.63) is 52.7 Å². The van der Waals surface area contributed by atoms with Gasteiger partial charge in [0, 0.05) is 37.7 Å². The summed E-state index contributed by atoms with van der Waals surface area (Å²) in [4.78, 5) is 14.5. The molecule has 90 valence electrons. The van der Waals surface area contributed by atoms with Crippen LogP contribution in [-0.2, 0) is 13.1 Å². The van der Waals surface area contributed by atoms with Crippen LogP contribution in [0.25, 0.3) is 0 Å². The molecule has 2 rings (SSSR count). The Morgan fingerprint density at radius 3 is 2.94 bits per heavy atom. The molecule has 4 heteroatoms. The molecular weight excluding hydrogens is 214 g/mol. The van der Waals surface area contributed by atoms with E-state index in [0.717, 1.165) is 25.2 Å². The molecule has 0 aliphatic rings. The predicted octanol–water partition coefficient (Wildman–Crippen LogP) is 2.20. The quantitative estimate of drug-likeness (QED) is 0.828. The summed E-state index contributed by atoms with van der Waals surface area (Å²) in [6.07, 6.45) is 6.68. The minimum Gasteiger partial charge on any atom is -0.380 e. The second kappa shape index (κ2) is 5.39. The van der Waals surface area contributed by atoms with Crippen LogP contribution in [0.2, 0.25) is 0 Å². The van der Waals surface area contributed by atoms with E-state index in [1.807, 2.05) is 30.7 Å². The van der Waals surface area contributed by atoms with Crippen molar-refractivity contribution in [2.45, 2.75) is 26.4 Å². The number of hydrogen-bond acceptors (Lipinski definition) is 2. The summed E-state index contributed by atoms with van der Waals surface area (Å²) in [7, 11) is 0. The number of H-pyrrole nitrogens is 1. The predicted molar refractivity (Wildman–Crippen MR) is 69.1 cm³/mol. The Bertz CT molecular complexity index is 514. The summed E-state index contributed by atoms with van der Waals surface area (Å²) in [6, 6.07) is 5.45. The minimum absolute atomic E-state index is 0.0547. The van der Waals surface area contributed by atoms with Crippen LogP contribution in [0.1, 0.15) is 18.9 Å². The molecule has 0 unspecified atom stereocenters. The number of rotatable bonds is 5. The fraction of sp³-hybridized carbons (Fsp3) is 0.308. The highest BCUT2D eigenvalue weighted by Crippen LogP contribution is 2.06. The fourth-order valence-corrected chi connectivity index (χ4v) is 1.72. The van der Waals surface area contributed by atoms with Gasteiger partial charge in [-0.3, -0.25) is 4.79 Å². The standard InChI is InChI=1S/C13H17N3O/c1-2-7-16-10-12(3-4-13(16)17)15-9-11-5-6-14-8-11/h3-6,8,10,14-15H,2,7,9H2,1H3. The molecule has 0 aliphatic heterocycles. The van der Waals surface area contributed by atoms with E-state index in [1.165, 1.54) is 5.56 Å². The van der Waals surface area contributed by atoms with E-state index in [0.29, 0.717) is 0 Å². The molecule has 0 spiro atoms. The van der Waals surface area contributed by atoms with Gasteiger partial charge in [-0.25, -0.2) is 0 Å². The van der Waals surface area contributed by atoms with Crippen molar-refractivity contribution >= 4 is 5.69 Å². The third-order valence-electron chi connectivity index (χ3n) is 2.61. The van der Waals surface area contributed by atoms with E-state index in [1.54, 1.807) is 10.6 Å². The average molecular weight is 231 g/mol. The molecule has 0 amide bonds. The molecule has 0 bridgehead atoms. The Balaban J connectivity index is 2.06. The molecule has 0 fully saturated rings. The van der Waals surface area contributed by atoms with Crippen LogP contribution in [0.4, 0.5) is 5.69 Å². The lowest BCUT2D eigenvalue weighted by Gasteiger charge is -2.08. The van der Waals surface area contributed by atoms with Crippen molar-refractivity contribution < 1.29 is 0 Å². The van der Waals surface area contributed by atoms with Crippen molar-refractivity contribution in [2.24, 2.45) is 0 Å². The van der Waals surface area contributed by atoms with Gasteiger partial charge in [-0.1, -0.05) is 6.92 Å². The zero-order chi connectivity index (χ0) is 12.1. The van der Waals surface area contributed by atoms with Crippen LogP contribution < -0.4 is 10.9 Å². The fourth-order valence-electron chi connectivity index (χ4n) is 1.72. The van der Waals surface area contributed by atoms with Crippen LogP contribution >= 0.6 is 0 Å². The molecule has 0 atom stereocenters. The Hall–Kier alpha value is -1.97. The van der Waals surface area contributed by atoms with Crippen molar-refractivity contribution in [3.8, 4) is 0 Å². The van der Waals surface area contributed by atoms with Crippen LogP contribution in [0.15, 0.2) is 41.6 Å². The van der Waals surface area contributed by atoms with Crippen molar-refractivity contribution in [1.29, 1.82) is 0 Å². The number of hydrogen-bond donors (Lipinski definition) is 2. The van der Waals surface area contributed by atoms with Gasteiger partial charge >= 0.3 is 0 Å². The van der Waals surface area contributed by atoms with Gasteiger partial charge in [0.1, 0.15) is 0 Å². The molecule has 4 nitrogen and oxygen atoms in total. The number of nitrogens with one attached hydrogen (secondary N) is 2. The summed E-state index contributed by atoms with van der Waals surface area (Å²) in [5, 5.41) is 3.29. The highest BCUT2D eigenvalue weighted by molar-refractivity contribution is 5.40. The first-order chi connectivity index (χ1) is 8.29. The number of anilines is 1. The zero-order valence-corrected chi connectivity index (χ0v) is 9.94. The SMILES string of the molecule is CCCn1cc(NCc2cc[nH]c2)ccc1=O. The molecule has 0 saturated carbocycles. The summed E-state index contributed by atoms with van der Waals surface area (Å²) in [5.41, 5.74) is 2.22. The van der Waals surface area contributed by atoms with E-state index < -0.39 is 0 Å². The molecule has 2 N–H and O–H groups in total. The molecule has 0 aromatic carbocycles. The van der Waals surface area contributed by atoms with Crippen LogP contribution in [0.3, 0.4) is 0 Å². The number of aromatic amines is 1. The third kappa shape index (κ3) is 3.00. The van der Waals surface area contributed by atoms with Crippen molar-refractivity contribution in [2.75, 3.05) is 5.32 Å². The van der Waals surface area contributed by atoms with Crippen LogP contribution in [0, 0.1) is 0 Å². The van der Waals surface area contributed by atoms with E-state index in [-0.39, 0.29) is 5.56 Å². The summed E-state index contributed by atoms with van der Waals surface area (Å²) in [5.74, 6) is 0. The molecule has 2 aromatic heterocycles. The maximum absolute atomic E-state index is 11.5. The third-order valence-corrected chi connectivity index (χ3v) is 2.61. The van der Waals surface area contributed by atoms with Gasteiger partial charge < -0.3 is 14.9 Å². The average Bonchev–Trinajstić information content (AvgIpc) is 2.83. The van der Waals surface area contributed by atoms with Crippen LogP contribution in [-0.4, -0.2) is 9.55 Å². The maximum atomic E-state index is 11.5.